The number of carbonyl (C=O) groups is 1. The predicted molar refractivity (Wildman–Crippen MR) is 84.0 cm³/mol. The average Bonchev–Trinajstić information content (AvgIpc) is 2.78. The van der Waals surface area contributed by atoms with E-state index in [9.17, 15) is 4.79 Å². The Kier molecular flexibility index (Phi) is 6.21. The molecule has 0 spiro atoms. The maximum Gasteiger partial charge on any atom is 0.241 e. The molecule has 1 aliphatic heterocycles. The van der Waals surface area contributed by atoms with Crippen molar-refractivity contribution in [3.8, 4) is 0 Å². The summed E-state index contributed by atoms with van der Waals surface area (Å²) in [5.41, 5.74) is 1.20. The van der Waals surface area contributed by atoms with Crippen LogP contribution in [0.15, 0.2) is 30.3 Å². The standard InChI is InChI=1S/C17H26N2O2/c1-3-8-16-18-15(13-14-9-6-5-7-10-14)17(20)19(16)11-12-21-4-2/h5-7,9-10,15-16,18H,3-4,8,11-13H2,1-2H3. The molecule has 0 saturated carbocycles. The highest BCUT2D eigenvalue weighted by Crippen LogP contribution is 2.18. The van der Waals surface area contributed by atoms with Gasteiger partial charge in [0.1, 0.15) is 0 Å². The van der Waals surface area contributed by atoms with E-state index in [-0.39, 0.29) is 18.1 Å². The van der Waals surface area contributed by atoms with Crippen molar-refractivity contribution < 1.29 is 9.53 Å². The molecule has 2 rings (SSSR count). The fourth-order valence-corrected chi connectivity index (χ4v) is 2.83. The molecule has 1 aliphatic rings. The smallest absolute Gasteiger partial charge is 0.241 e. The van der Waals surface area contributed by atoms with E-state index in [4.69, 9.17) is 4.74 Å². The molecule has 116 valence electrons. The molecule has 1 saturated heterocycles. The average molecular weight is 290 g/mol. The van der Waals surface area contributed by atoms with E-state index < -0.39 is 0 Å². The number of nitrogens with zero attached hydrogens (tertiary/aromatic N) is 1. The van der Waals surface area contributed by atoms with Gasteiger partial charge in [-0.3, -0.25) is 10.1 Å². The first-order valence-corrected chi connectivity index (χ1v) is 7.94. The van der Waals surface area contributed by atoms with Gasteiger partial charge >= 0.3 is 0 Å². The molecule has 2 atom stereocenters. The van der Waals surface area contributed by atoms with Crippen LogP contribution in [0.3, 0.4) is 0 Å². The molecular formula is C17H26N2O2. The topological polar surface area (TPSA) is 41.6 Å². The minimum absolute atomic E-state index is 0.106. The van der Waals surface area contributed by atoms with E-state index in [1.54, 1.807) is 0 Å². The second kappa shape index (κ2) is 8.15. The molecule has 2 unspecified atom stereocenters. The van der Waals surface area contributed by atoms with Crippen LogP contribution in [0, 0.1) is 0 Å². The van der Waals surface area contributed by atoms with Crippen molar-refractivity contribution in [3.63, 3.8) is 0 Å². The second-order valence-corrected chi connectivity index (χ2v) is 5.44. The molecule has 0 aliphatic carbocycles. The Balaban J connectivity index is 1.98. The number of rotatable bonds is 8. The van der Waals surface area contributed by atoms with E-state index in [0.29, 0.717) is 19.8 Å². The Labute approximate surface area is 127 Å². The molecule has 1 aromatic rings. The lowest BCUT2D eigenvalue weighted by Gasteiger charge is -2.23. The molecule has 4 nitrogen and oxygen atoms in total. The first-order valence-electron chi connectivity index (χ1n) is 7.94. The van der Waals surface area contributed by atoms with Crippen LogP contribution in [0.4, 0.5) is 0 Å². The number of amides is 1. The third-order valence-corrected chi connectivity index (χ3v) is 3.88. The van der Waals surface area contributed by atoms with Crippen LogP contribution in [-0.4, -0.2) is 42.8 Å². The Morgan fingerprint density at radius 3 is 2.67 bits per heavy atom. The molecule has 1 amide bonds. The van der Waals surface area contributed by atoms with Gasteiger partial charge in [0.15, 0.2) is 0 Å². The fourth-order valence-electron chi connectivity index (χ4n) is 2.83. The summed E-state index contributed by atoms with van der Waals surface area (Å²) in [6.45, 7) is 6.11. The number of benzene rings is 1. The van der Waals surface area contributed by atoms with Crippen molar-refractivity contribution in [1.29, 1.82) is 0 Å². The van der Waals surface area contributed by atoms with Gasteiger partial charge in [-0.1, -0.05) is 43.7 Å². The van der Waals surface area contributed by atoms with Gasteiger partial charge in [-0.2, -0.15) is 0 Å². The van der Waals surface area contributed by atoms with E-state index in [0.717, 1.165) is 19.3 Å². The summed E-state index contributed by atoms with van der Waals surface area (Å²) in [7, 11) is 0. The summed E-state index contributed by atoms with van der Waals surface area (Å²) >= 11 is 0. The molecule has 1 heterocycles. The summed E-state index contributed by atoms with van der Waals surface area (Å²) in [5, 5.41) is 3.49. The zero-order valence-electron chi connectivity index (χ0n) is 13.0. The summed E-state index contributed by atoms with van der Waals surface area (Å²) < 4.78 is 5.40. The predicted octanol–water partition coefficient (Wildman–Crippen LogP) is 2.19. The van der Waals surface area contributed by atoms with Crippen molar-refractivity contribution in [2.24, 2.45) is 0 Å². The number of carbonyl (C=O) groups excluding carboxylic acids is 1. The first-order chi connectivity index (χ1) is 10.3. The maximum absolute atomic E-state index is 12.6. The minimum atomic E-state index is -0.106. The Hall–Kier alpha value is -1.39. The Bertz CT molecular complexity index is 436. The molecule has 0 bridgehead atoms. The fraction of sp³-hybridized carbons (Fsp3) is 0.588. The molecule has 1 N–H and O–H groups in total. The Morgan fingerprint density at radius 2 is 2.00 bits per heavy atom. The van der Waals surface area contributed by atoms with E-state index in [1.807, 2.05) is 30.0 Å². The van der Waals surface area contributed by atoms with Crippen molar-refractivity contribution in [2.75, 3.05) is 19.8 Å². The first kappa shape index (κ1) is 16.0. The molecule has 4 heteroatoms. The van der Waals surface area contributed by atoms with Gasteiger partial charge in [-0.25, -0.2) is 0 Å². The number of hydrogen-bond donors (Lipinski definition) is 1. The minimum Gasteiger partial charge on any atom is -0.380 e. The quantitative estimate of drug-likeness (QED) is 0.746. The van der Waals surface area contributed by atoms with Crippen LogP contribution in [0.2, 0.25) is 0 Å². The highest BCUT2D eigenvalue weighted by Gasteiger charge is 2.37. The van der Waals surface area contributed by atoms with Gasteiger partial charge < -0.3 is 9.64 Å². The normalized spacial score (nSPS) is 22.0. The summed E-state index contributed by atoms with van der Waals surface area (Å²) in [4.78, 5) is 14.5. The number of nitrogens with one attached hydrogen (secondary N) is 1. The van der Waals surface area contributed by atoms with Crippen LogP contribution < -0.4 is 5.32 Å². The third kappa shape index (κ3) is 4.29. The zero-order valence-corrected chi connectivity index (χ0v) is 13.0. The van der Waals surface area contributed by atoms with Gasteiger partial charge in [-0.15, -0.1) is 0 Å². The van der Waals surface area contributed by atoms with Crippen LogP contribution in [0.25, 0.3) is 0 Å². The zero-order chi connectivity index (χ0) is 15.1. The molecule has 1 fully saturated rings. The highest BCUT2D eigenvalue weighted by molar-refractivity contribution is 5.84. The van der Waals surface area contributed by atoms with Crippen LogP contribution in [-0.2, 0) is 16.0 Å². The molecular weight excluding hydrogens is 264 g/mol. The largest absolute Gasteiger partial charge is 0.380 e. The van der Waals surface area contributed by atoms with E-state index in [2.05, 4.69) is 24.4 Å². The monoisotopic (exact) mass is 290 g/mol. The number of hydrogen-bond acceptors (Lipinski definition) is 3. The maximum atomic E-state index is 12.6. The van der Waals surface area contributed by atoms with Crippen LogP contribution in [0.5, 0.6) is 0 Å². The van der Waals surface area contributed by atoms with Gasteiger partial charge in [0.05, 0.1) is 18.8 Å². The Morgan fingerprint density at radius 1 is 1.24 bits per heavy atom. The van der Waals surface area contributed by atoms with Crippen molar-refractivity contribution in [2.45, 2.75) is 45.3 Å². The van der Waals surface area contributed by atoms with Crippen LogP contribution in [0.1, 0.15) is 32.3 Å². The van der Waals surface area contributed by atoms with Gasteiger partial charge in [0.2, 0.25) is 5.91 Å². The summed E-state index contributed by atoms with van der Waals surface area (Å²) in [5.74, 6) is 0.206. The van der Waals surface area contributed by atoms with Gasteiger partial charge in [-0.05, 0) is 25.3 Å². The van der Waals surface area contributed by atoms with Crippen molar-refractivity contribution in [1.82, 2.24) is 10.2 Å². The molecule has 1 aromatic carbocycles. The van der Waals surface area contributed by atoms with E-state index >= 15 is 0 Å². The van der Waals surface area contributed by atoms with Gasteiger partial charge in [0, 0.05) is 13.2 Å². The molecule has 0 aromatic heterocycles. The lowest BCUT2D eigenvalue weighted by molar-refractivity contribution is -0.130. The van der Waals surface area contributed by atoms with E-state index in [1.165, 1.54) is 5.56 Å². The SMILES string of the molecule is CCCC1NC(Cc2ccccc2)C(=O)N1CCOCC. The third-order valence-electron chi connectivity index (χ3n) is 3.88. The molecule has 0 radical (unpaired) electrons. The van der Waals surface area contributed by atoms with Crippen molar-refractivity contribution in [3.05, 3.63) is 35.9 Å². The van der Waals surface area contributed by atoms with Crippen molar-refractivity contribution >= 4 is 5.91 Å². The van der Waals surface area contributed by atoms with Gasteiger partial charge in [0.25, 0.3) is 0 Å². The summed E-state index contributed by atoms with van der Waals surface area (Å²) in [6.07, 6.45) is 2.96. The highest BCUT2D eigenvalue weighted by atomic mass is 16.5. The number of ether oxygens (including phenoxy) is 1. The molecule has 21 heavy (non-hydrogen) atoms. The lowest BCUT2D eigenvalue weighted by atomic mass is 10.1. The van der Waals surface area contributed by atoms with Crippen LogP contribution >= 0.6 is 0 Å². The second-order valence-electron chi connectivity index (χ2n) is 5.44. The lowest BCUT2D eigenvalue weighted by Crippen LogP contribution is -2.39. The summed E-state index contributed by atoms with van der Waals surface area (Å²) in [6, 6.07) is 10.1.